The average molecular weight is 171 g/mol. The van der Waals surface area contributed by atoms with E-state index in [1.54, 1.807) is 0 Å². The van der Waals surface area contributed by atoms with Crippen molar-refractivity contribution in [1.82, 2.24) is 5.32 Å². The number of nitrogens with two attached hydrogens (primary N) is 1. The molecule has 1 atom stereocenters. The maximum atomic E-state index is 11.1. The molecule has 1 saturated heterocycles. The van der Waals surface area contributed by atoms with Crippen molar-refractivity contribution in [2.45, 2.75) is 4.87 Å². The number of nitriles is 1. The molecule has 11 heavy (non-hydrogen) atoms. The van der Waals surface area contributed by atoms with Gasteiger partial charge in [-0.1, -0.05) is 0 Å². The second-order valence-electron chi connectivity index (χ2n) is 2.20. The number of nitrogens with one attached hydrogen (secondary N) is 1. The molecule has 0 amide bonds. The first-order valence-electron chi connectivity index (χ1n) is 3.29. The van der Waals surface area contributed by atoms with E-state index < -0.39 is 4.87 Å². The Labute approximate surface area is 69.1 Å². The first kappa shape index (κ1) is 8.53. The SMILES string of the molecule is N#CC1(C(=O)CN)NCCS1. The first-order valence-corrected chi connectivity index (χ1v) is 4.27. The Bertz CT molecular complexity index is 204. The molecule has 1 unspecified atom stereocenters. The van der Waals surface area contributed by atoms with Gasteiger partial charge in [0, 0.05) is 12.3 Å². The zero-order valence-corrected chi connectivity index (χ0v) is 6.78. The minimum atomic E-state index is -1.05. The highest BCUT2D eigenvalue weighted by molar-refractivity contribution is 8.01. The van der Waals surface area contributed by atoms with Crippen LogP contribution < -0.4 is 11.1 Å². The van der Waals surface area contributed by atoms with E-state index in [9.17, 15) is 4.79 Å². The minimum Gasteiger partial charge on any atom is -0.324 e. The molecular formula is C6H9N3OS. The molecule has 60 valence electrons. The predicted molar refractivity (Wildman–Crippen MR) is 42.9 cm³/mol. The smallest absolute Gasteiger partial charge is 0.213 e. The lowest BCUT2D eigenvalue weighted by Gasteiger charge is -2.16. The van der Waals surface area contributed by atoms with E-state index in [0.717, 1.165) is 5.75 Å². The summed E-state index contributed by atoms with van der Waals surface area (Å²) in [5, 5.41) is 11.6. The molecule has 0 aromatic heterocycles. The summed E-state index contributed by atoms with van der Waals surface area (Å²) >= 11 is 1.32. The van der Waals surface area contributed by atoms with Gasteiger partial charge in [0.25, 0.3) is 0 Å². The van der Waals surface area contributed by atoms with Gasteiger partial charge >= 0.3 is 0 Å². The summed E-state index contributed by atoms with van der Waals surface area (Å²) < 4.78 is 0. The molecule has 0 aromatic rings. The summed E-state index contributed by atoms with van der Waals surface area (Å²) in [6.45, 7) is 0.623. The van der Waals surface area contributed by atoms with Crippen LogP contribution in [0.5, 0.6) is 0 Å². The first-order chi connectivity index (χ1) is 5.25. The summed E-state index contributed by atoms with van der Waals surface area (Å²) in [6.07, 6.45) is 0. The van der Waals surface area contributed by atoms with Gasteiger partial charge in [0.15, 0.2) is 5.78 Å². The lowest BCUT2D eigenvalue weighted by molar-refractivity contribution is -0.119. The number of nitrogens with zero attached hydrogens (tertiary/aromatic N) is 1. The van der Waals surface area contributed by atoms with Crippen LogP contribution in [0, 0.1) is 11.3 Å². The Kier molecular flexibility index (Phi) is 2.49. The average Bonchev–Trinajstić information content (AvgIpc) is 2.52. The van der Waals surface area contributed by atoms with E-state index in [0.29, 0.717) is 6.54 Å². The molecule has 0 saturated carbocycles. The quantitative estimate of drug-likeness (QED) is 0.561. The third-order valence-electron chi connectivity index (χ3n) is 1.53. The number of rotatable bonds is 2. The third-order valence-corrected chi connectivity index (χ3v) is 2.83. The second-order valence-corrected chi connectivity index (χ2v) is 3.50. The zero-order chi connectivity index (χ0) is 8.32. The van der Waals surface area contributed by atoms with Crippen molar-refractivity contribution in [1.29, 1.82) is 5.26 Å². The van der Waals surface area contributed by atoms with Gasteiger partial charge in [-0.25, -0.2) is 0 Å². The summed E-state index contributed by atoms with van der Waals surface area (Å²) in [5.41, 5.74) is 5.16. The van der Waals surface area contributed by atoms with Crippen LogP contribution in [0.1, 0.15) is 0 Å². The highest BCUT2D eigenvalue weighted by atomic mass is 32.2. The van der Waals surface area contributed by atoms with E-state index in [1.165, 1.54) is 11.8 Å². The predicted octanol–water partition coefficient (Wildman–Crippen LogP) is -0.930. The summed E-state index contributed by atoms with van der Waals surface area (Å²) in [5.74, 6) is 0.557. The molecule has 3 N–H and O–H groups in total. The third kappa shape index (κ3) is 1.38. The number of thioether (sulfide) groups is 1. The van der Waals surface area contributed by atoms with E-state index in [4.69, 9.17) is 11.0 Å². The monoisotopic (exact) mass is 171 g/mol. The molecule has 1 heterocycles. The topological polar surface area (TPSA) is 78.9 Å². The molecule has 4 nitrogen and oxygen atoms in total. The van der Waals surface area contributed by atoms with Gasteiger partial charge in [-0.05, 0) is 0 Å². The van der Waals surface area contributed by atoms with Crippen LogP contribution >= 0.6 is 11.8 Å². The van der Waals surface area contributed by atoms with E-state index in [2.05, 4.69) is 5.32 Å². The molecule has 0 bridgehead atoms. The second kappa shape index (κ2) is 3.22. The Morgan fingerprint density at radius 1 is 1.91 bits per heavy atom. The molecule has 1 aliphatic heterocycles. The van der Waals surface area contributed by atoms with Crippen molar-refractivity contribution >= 4 is 17.5 Å². The molecule has 0 radical (unpaired) electrons. The molecule has 1 aliphatic rings. The highest BCUT2D eigenvalue weighted by Crippen LogP contribution is 2.26. The Hall–Kier alpha value is -0.570. The van der Waals surface area contributed by atoms with Gasteiger partial charge in [-0.3, -0.25) is 10.1 Å². The summed E-state index contributed by atoms with van der Waals surface area (Å²) in [6, 6.07) is 1.95. The molecule has 0 spiro atoms. The standard InChI is InChI=1S/C6H9N3OS/c7-3-5(10)6(4-8)9-1-2-11-6/h9H,1-3,7H2. The van der Waals surface area contributed by atoms with Crippen molar-refractivity contribution < 1.29 is 4.79 Å². The van der Waals surface area contributed by atoms with Gasteiger partial charge in [0.1, 0.15) is 6.07 Å². The van der Waals surface area contributed by atoms with Crippen LogP contribution in [0.4, 0.5) is 0 Å². The van der Waals surface area contributed by atoms with Crippen molar-refractivity contribution in [2.24, 2.45) is 5.73 Å². The van der Waals surface area contributed by atoms with Crippen molar-refractivity contribution in [3.05, 3.63) is 0 Å². The fourth-order valence-electron chi connectivity index (χ4n) is 0.939. The number of carbonyl (C=O) groups excluding carboxylic acids is 1. The lowest BCUT2D eigenvalue weighted by atomic mass is 10.2. The normalized spacial score (nSPS) is 29.8. The van der Waals surface area contributed by atoms with Gasteiger partial charge < -0.3 is 5.73 Å². The molecule has 0 aromatic carbocycles. The number of carbonyl (C=O) groups is 1. The lowest BCUT2D eigenvalue weighted by Crippen LogP contribution is -2.46. The maximum absolute atomic E-state index is 11.1. The van der Waals surface area contributed by atoms with Crippen LogP contribution in [0.25, 0.3) is 0 Å². The number of ketones is 1. The fourth-order valence-corrected chi connectivity index (χ4v) is 1.96. The van der Waals surface area contributed by atoms with Crippen LogP contribution in [0.2, 0.25) is 0 Å². The van der Waals surface area contributed by atoms with Gasteiger partial charge in [0.05, 0.1) is 6.54 Å². The summed E-state index contributed by atoms with van der Waals surface area (Å²) in [4.78, 5) is 10.1. The van der Waals surface area contributed by atoms with Gasteiger partial charge in [-0.15, -0.1) is 11.8 Å². The van der Waals surface area contributed by atoms with Crippen LogP contribution in [-0.4, -0.2) is 29.5 Å². The zero-order valence-electron chi connectivity index (χ0n) is 5.96. The molecule has 1 fully saturated rings. The van der Waals surface area contributed by atoms with Crippen LogP contribution in [0.3, 0.4) is 0 Å². The van der Waals surface area contributed by atoms with Crippen molar-refractivity contribution in [3.63, 3.8) is 0 Å². The maximum Gasteiger partial charge on any atom is 0.213 e. The van der Waals surface area contributed by atoms with Crippen LogP contribution in [0.15, 0.2) is 0 Å². The van der Waals surface area contributed by atoms with E-state index in [1.807, 2.05) is 6.07 Å². The Morgan fingerprint density at radius 2 is 2.64 bits per heavy atom. The Balaban J connectivity index is 2.76. The molecule has 0 aliphatic carbocycles. The van der Waals surface area contributed by atoms with Gasteiger partial charge in [-0.2, -0.15) is 5.26 Å². The molecular weight excluding hydrogens is 162 g/mol. The number of Topliss-reactive ketones (excluding diaryl/α,β-unsaturated/α-hetero) is 1. The van der Waals surface area contributed by atoms with E-state index in [-0.39, 0.29) is 12.3 Å². The number of hydrogen-bond acceptors (Lipinski definition) is 5. The minimum absolute atomic E-state index is 0.0758. The fraction of sp³-hybridized carbons (Fsp3) is 0.667. The van der Waals surface area contributed by atoms with Crippen molar-refractivity contribution in [2.75, 3.05) is 18.8 Å². The van der Waals surface area contributed by atoms with Crippen LogP contribution in [-0.2, 0) is 4.79 Å². The highest BCUT2D eigenvalue weighted by Gasteiger charge is 2.40. The van der Waals surface area contributed by atoms with E-state index >= 15 is 0 Å². The molecule has 1 rings (SSSR count). The summed E-state index contributed by atoms with van der Waals surface area (Å²) in [7, 11) is 0. The number of hydrogen-bond donors (Lipinski definition) is 2. The Morgan fingerprint density at radius 3 is 3.00 bits per heavy atom. The van der Waals surface area contributed by atoms with Crippen molar-refractivity contribution in [3.8, 4) is 6.07 Å². The molecule has 5 heteroatoms. The van der Waals surface area contributed by atoms with Gasteiger partial charge in [0.2, 0.25) is 4.87 Å². The largest absolute Gasteiger partial charge is 0.324 e.